The largest absolute Gasteiger partial charge is 0.508 e. The molecule has 2 heteroatoms. The van der Waals surface area contributed by atoms with Crippen LogP contribution in [-0.2, 0) is 0 Å². The van der Waals surface area contributed by atoms with Crippen LogP contribution >= 0.6 is 0 Å². The van der Waals surface area contributed by atoms with Crippen LogP contribution in [0.3, 0.4) is 0 Å². The third kappa shape index (κ3) is 1.47. The molecule has 1 nitrogen and oxygen atoms in total. The number of hydrogen-bond acceptors (Lipinski definition) is 1. The van der Waals surface area contributed by atoms with Gasteiger partial charge in [-0.15, -0.1) is 0 Å². The molecule has 0 bridgehead atoms. The highest BCUT2D eigenvalue weighted by Crippen LogP contribution is 2.18. The number of rotatable bonds is 1. The predicted octanol–water partition coefficient (Wildman–Crippen LogP) is 2.42. The standard InChI is InChI=1S/C8H9FO/c1-6(9)7-2-4-8(10)5-3-7/h2-6,10H,1H3/t6-/m0/s1. The molecule has 0 amide bonds. The van der Waals surface area contributed by atoms with Gasteiger partial charge in [-0.05, 0) is 24.6 Å². The lowest BCUT2D eigenvalue weighted by atomic mass is 10.1. The first-order valence-electron chi connectivity index (χ1n) is 3.13. The molecule has 0 aromatic heterocycles. The Morgan fingerprint density at radius 2 is 1.80 bits per heavy atom. The highest BCUT2D eigenvalue weighted by molar-refractivity contribution is 5.26. The van der Waals surface area contributed by atoms with Crippen LogP contribution < -0.4 is 0 Å². The Kier molecular flexibility index (Phi) is 1.90. The summed E-state index contributed by atoms with van der Waals surface area (Å²) in [6.45, 7) is 1.46. The maximum atomic E-state index is 12.5. The van der Waals surface area contributed by atoms with Gasteiger partial charge >= 0.3 is 0 Å². The summed E-state index contributed by atoms with van der Waals surface area (Å²) < 4.78 is 12.5. The van der Waals surface area contributed by atoms with E-state index in [2.05, 4.69) is 0 Å². The van der Waals surface area contributed by atoms with Crippen molar-refractivity contribution in [1.29, 1.82) is 0 Å². The first-order valence-corrected chi connectivity index (χ1v) is 3.13. The molecule has 0 saturated heterocycles. The van der Waals surface area contributed by atoms with Gasteiger partial charge in [-0.3, -0.25) is 0 Å². The Hall–Kier alpha value is -1.05. The molecular weight excluding hydrogens is 131 g/mol. The summed E-state index contributed by atoms with van der Waals surface area (Å²) in [5, 5.41) is 8.82. The molecule has 0 aliphatic carbocycles. The number of phenols is 1. The van der Waals surface area contributed by atoms with Gasteiger partial charge in [-0.25, -0.2) is 4.39 Å². The number of alkyl halides is 1. The lowest BCUT2D eigenvalue weighted by Crippen LogP contribution is -1.82. The maximum absolute atomic E-state index is 12.5. The summed E-state index contributed by atoms with van der Waals surface area (Å²) in [5.74, 6) is 0.171. The second-order valence-corrected chi connectivity index (χ2v) is 2.21. The number of phenolic OH excluding ortho intramolecular Hbond substituents is 1. The van der Waals surface area contributed by atoms with E-state index in [0.29, 0.717) is 5.56 Å². The molecule has 1 aromatic carbocycles. The third-order valence-electron chi connectivity index (χ3n) is 1.35. The van der Waals surface area contributed by atoms with Crippen LogP contribution in [0, 0.1) is 0 Å². The van der Waals surface area contributed by atoms with Crippen LogP contribution in [0.15, 0.2) is 24.3 Å². The quantitative estimate of drug-likeness (QED) is 0.635. The number of hydrogen-bond donors (Lipinski definition) is 1. The molecule has 54 valence electrons. The Bertz CT molecular complexity index is 203. The Morgan fingerprint density at radius 3 is 2.20 bits per heavy atom. The van der Waals surface area contributed by atoms with E-state index in [-0.39, 0.29) is 5.75 Å². The van der Waals surface area contributed by atoms with Crippen molar-refractivity contribution >= 4 is 0 Å². The van der Waals surface area contributed by atoms with Crippen molar-refractivity contribution in [2.75, 3.05) is 0 Å². The summed E-state index contributed by atoms with van der Waals surface area (Å²) in [6, 6.07) is 6.09. The Balaban J connectivity index is 2.89. The highest BCUT2D eigenvalue weighted by atomic mass is 19.1. The molecule has 1 atom stereocenters. The second-order valence-electron chi connectivity index (χ2n) is 2.21. The summed E-state index contributed by atoms with van der Waals surface area (Å²) in [4.78, 5) is 0. The van der Waals surface area contributed by atoms with Crippen LogP contribution in [0.4, 0.5) is 4.39 Å². The van der Waals surface area contributed by atoms with Crippen molar-refractivity contribution in [3.63, 3.8) is 0 Å². The van der Waals surface area contributed by atoms with Crippen molar-refractivity contribution in [3.8, 4) is 5.75 Å². The maximum Gasteiger partial charge on any atom is 0.122 e. The van der Waals surface area contributed by atoms with Crippen LogP contribution in [0.2, 0.25) is 0 Å². The van der Waals surface area contributed by atoms with Crippen molar-refractivity contribution in [3.05, 3.63) is 29.8 Å². The van der Waals surface area contributed by atoms with Crippen LogP contribution in [0.5, 0.6) is 5.75 Å². The fraction of sp³-hybridized carbons (Fsp3) is 0.250. The van der Waals surface area contributed by atoms with Gasteiger partial charge in [0.15, 0.2) is 0 Å². The van der Waals surface area contributed by atoms with Crippen molar-refractivity contribution in [2.45, 2.75) is 13.1 Å². The molecular formula is C8H9FO. The van der Waals surface area contributed by atoms with Gasteiger partial charge in [0.05, 0.1) is 0 Å². The average molecular weight is 140 g/mol. The number of halogens is 1. The van der Waals surface area contributed by atoms with Crippen LogP contribution in [0.25, 0.3) is 0 Å². The molecule has 1 aromatic rings. The zero-order valence-electron chi connectivity index (χ0n) is 5.71. The molecule has 0 saturated carbocycles. The van der Waals surface area contributed by atoms with Gasteiger partial charge in [0.25, 0.3) is 0 Å². The first kappa shape index (κ1) is 7.06. The van der Waals surface area contributed by atoms with E-state index in [1.807, 2.05) is 0 Å². The van der Waals surface area contributed by atoms with Gasteiger partial charge in [0.2, 0.25) is 0 Å². The minimum absolute atomic E-state index is 0.171. The topological polar surface area (TPSA) is 20.2 Å². The monoisotopic (exact) mass is 140 g/mol. The van der Waals surface area contributed by atoms with E-state index in [1.54, 1.807) is 12.1 Å². The van der Waals surface area contributed by atoms with E-state index in [1.165, 1.54) is 19.1 Å². The van der Waals surface area contributed by atoms with Crippen molar-refractivity contribution in [1.82, 2.24) is 0 Å². The number of benzene rings is 1. The minimum Gasteiger partial charge on any atom is -0.508 e. The van der Waals surface area contributed by atoms with Crippen molar-refractivity contribution < 1.29 is 9.50 Å². The van der Waals surface area contributed by atoms with E-state index >= 15 is 0 Å². The molecule has 0 aliphatic heterocycles. The summed E-state index contributed by atoms with van der Waals surface area (Å²) >= 11 is 0. The average Bonchev–Trinajstić information content (AvgIpc) is 1.88. The van der Waals surface area contributed by atoms with E-state index in [9.17, 15) is 4.39 Å². The Morgan fingerprint density at radius 1 is 1.30 bits per heavy atom. The predicted molar refractivity (Wildman–Crippen MR) is 37.6 cm³/mol. The smallest absolute Gasteiger partial charge is 0.122 e. The summed E-state index contributed by atoms with van der Waals surface area (Å²) in [5.41, 5.74) is 0.595. The van der Waals surface area contributed by atoms with Crippen molar-refractivity contribution in [2.24, 2.45) is 0 Å². The van der Waals surface area contributed by atoms with E-state index in [4.69, 9.17) is 5.11 Å². The molecule has 10 heavy (non-hydrogen) atoms. The molecule has 0 unspecified atom stereocenters. The van der Waals surface area contributed by atoms with Gasteiger partial charge in [-0.1, -0.05) is 12.1 Å². The van der Waals surface area contributed by atoms with Crippen LogP contribution in [0.1, 0.15) is 18.7 Å². The zero-order valence-corrected chi connectivity index (χ0v) is 5.71. The molecule has 0 fully saturated rings. The molecule has 1 rings (SSSR count). The highest BCUT2D eigenvalue weighted by Gasteiger charge is 2.00. The third-order valence-corrected chi connectivity index (χ3v) is 1.35. The summed E-state index contributed by atoms with van der Waals surface area (Å²) in [6.07, 6.45) is -0.958. The molecule has 0 aliphatic rings. The van der Waals surface area contributed by atoms with Gasteiger partial charge in [0.1, 0.15) is 11.9 Å². The van der Waals surface area contributed by atoms with E-state index in [0.717, 1.165) is 0 Å². The molecule has 1 N–H and O–H groups in total. The second kappa shape index (κ2) is 2.69. The van der Waals surface area contributed by atoms with Gasteiger partial charge in [0, 0.05) is 0 Å². The van der Waals surface area contributed by atoms with Crippen LogP contribution in [-0.4, -0.2) is 5.11 Å². The lowest BCUT2D eigenvalue weighted by Gasteiger charge is -1.99. The fourth-order valence-electron chi connectivity index (χ4n) is 0.740. The fourth-order valence-corrected chi connectivity index (χ4v) is 0.740. The SMILES string of the molecule is C[C@H](F)c1ccc(O)cc1. The molecule has 0 spiro atoms. The number of aromatic hydroxyl groups is 1. The Labute approximate surface area is 59.1 Å². The summed E-state index contributed by atoms with van der Waals surface area (Å²) in [7, 11) is 0. The van der Waals surface area contributed by atoms with Gasteiger partial charge in [-0.2, -0.15) is 0 Å². The van der Waals surface area contributed by atoms with Gasteiger partial charge < -0.3 is 5.11 Å². The normalized spacial score (nSPS) is 13.0. The first-order chi connectivity index (χ1) is 4.70. The van der Waals surface area contributed by atoms with E-state index < -0.39 is 6.17 Å². The lowest BCUT2D eigenvalue weighted by molar-refractivity contribution is 0.373. The zero-order chi connectivity index (χ0) is 7.56. The molecule has 0 radical (unpaired) electrons. The molecule has 0 heterocycles. The minimum atomic E-state index is -0.958.